The van der Waals surface area contributed by atoms with Crippen molar-refractivity contribution in [1.29, 1.82) is 0 Å². The smallest absolute Gasteiger partial charge is 0.404 e. The van der Waals surface area contributed by atoms with Crippen LogP contribution in [-0.4, -0.2) is 64.9 Å². The van der Waals surface area contributed by atoms with Crippen LogP contribution in [0, 0.1) is 11.8 Å². The molecule has 2 aliphatic heterocycles. The number of halogens is 2. The van der Waals surface area contributed by atoms with Crippen molar-refractivity contribution < 1.29 is 14.7 Å². The molecule has 3 heterocycles. The summed E-state index contributed by atoms with van der Waals surface area (Å²) in [4.78, 5) is 28.4. The normalized spacial score (nSPS) is 21.6. The molecule has 170 valence electrons. The molecule has 10 heteroatoms. The van der Waals surface area contributed by atoms with Crippen molar-refractivity contribution in [3.05, 3.63) is 52.1 Å². The van der Waals surface area contributed by atoms with Gasteiger partial charge in [0.1, 0.15) is 0 Å². The van der Waals surface area contributed by atoms with Gasteiger partial charge in [0.2, 0.25) is 5.91 Å². The van der Waals surface area contributed by atoms with Crippen LogP contribution in [0.5, 0.6) is 0 Å². The highest BCUT2D eigenvalue weighted by Gasteiger charge is 2.39. The molecule has 2 fully saturated rings. The first-order valence-electron chi connectivity index (χ1n) is 10.7. The molecular formula is C22H25Cl2N5O3. The standard InChI is InChI=1S/C22H25Cl2N5O3/c23-17-3-1-14(2-4-17)18-13-29(12-16(18)11-25-22(31)32)21(30)15-7-9-28(10-8-15)20-6-5-19(24)26-27-20/h1-6,15-16,18,25H,7-13H2,(H,31,32)/t16-,18-/m0/s1. The van der Waals surface area contributed by atoms with Gasteiger partial charge < -0.3 is 20.2 Å². The van der Waals surface area contributed by atoms with Crippen LogP contribution in [0.2, 0.25) is 10.2 Å². The van der Waals surface area contributed by atoms with Gasteiger partial charge in [-0.05, 0) is 42.7 Å². The number of carbonyl (C=O) groups is 2. The highest BCUT2D eigenvalue weighted by Crippen LogP contribution is 2.35. The van der Waals surface area contributed by atoms with Crippen molar-refractivity contribution in [2.75, 3.05) is 37.6 Å². The second-order valence-electron chi connectivity index (χ2n) is 8.32. The molecule has 2 amide bonds. The van der Waals surface area contributed by atoms with Crippen molar-refractivity contribution in [3.63, 3.8) is 0 Å². The number of aromatic nitrogens is 2. The Kier molecular flexibility index (Phi) is 7.01. The number of benzene rings is 1. The van der Waals surface area contributed by atoms with Crippen molar-refractivity contribution in [2.45, 2.75) is 18.8 Å². The van der Waals surface area contributed by atoms with E-state index in [2.05, 4.69) is 20.4 Å². The maximum Gasteiger partial charge on any atom is 0.404 e. The van der Waals surface area contributed by atoms with Crippen LogP contribution >= 0.6 is 23.2 Å². The van der Waals surface area contributed by atoms with Gasteiger partial charge in [-0.2, -0.15) is 0 Å². The van der Waals surface area contributed by atoms with Gasteiger partial charge in [-0.1, -0.05) is 35.3 Å². The fourth-order valence-electron chi connectivity index (χ4n) is 4.66. The van der Waals surface area contributed by atoms with E-state index < -0.39 is 6.09 Å². The van der Waals surface area contributed by atoms with Gasteiger partial charge in [-0.15, -0.1) is 10.2 Å². The van der Waals surface area contributed by atoms with Gasteiger partial charge >= 0.3 is 6.09 Å². The number of carboxylic acid groups (broad SMARTS) is 1. The maximum absolute atomic E-state index is 13.3. The third kappa shape index (κ3) is 5.24. The van der Waals surface area contributed by atoms with E-state index >= 15 is 0 Å². The Labute approximate surface area is 196 Å². The number of rotatable bonds is 5. The van der Waals surface area contributed by atoms with Crippen LogP contribution in [0.15, 0.2) is 36.4 Å². The van der Waals surface area contributed by atoms with E-state index in [-0.39, 0.29) is 23.7 Å². The third-order valence-corrected chi connectivity index (χ3v) is 6.81. The SMILES string of the molecule is O=C(O)NC[C@H]1CN(C(=O)C2CCN(c3ccc(Cl)nn3)CC2)C[C@H]1c1ccc(Cl)cc1. The number of nitrogens with one attached hydrogen (secondary N) is 1. The molecule has 1 aromatic heterocycles. The zero-order valence-electron chi connectivity index (χ0n) is 17.5. The van der Waals surface area contributed by atoms with Gasteiger partial charge in [0.05, 0.1) is 0 Å². The Bertz CT molecular complexity index is 949. The van der Waals surface area contributed by atoms with Gasteiger partial charge in [0.25, 0.3) is 0 Å². The van der Waals surface area contributed by atoms with Crippen LogP contribution in [0.4, 0.5) is 10.6 Å². The summed E-state index contributed by atoms with van der Waals surface area (Å²) in [5, 5.41) is 20.6. The van der Waals surface area contributed by atoms with Crippen LogP contribution in [0.3, 0.4) is 0 Å². The van der Waals surface area contributed by atoms with Gasteiger partial charge in [0, 0.05) is 55.5 Å². The van der Waals surface area contributed by atoms with Crippen molar-refractivity contribution in [1.82, 2.24) is 20.4 Å². The number of piperidine rings is 1. The molecule has 2 aromatic rings. The summed E-state index contributed by atoms with van der Waals surface area (Å²) in [7, 11) is 0. The molecule has 1 aromatic carbocycles. The molecule has 0 aliphatic carbocycles. The monoisotopic (exact) mass is 477 g/mol. The number of nitrogens with zero attached hydrogens (tertiary/aromatic N) is 4. The van der Waals surface area contributed by atoms with Crippen LogP contribution in [0.25, 0.3) is 0 Å². The predicted molar refractivity (Wildman–Crippen MR) is 122 cm³/mol. The summed E-state index contributed by atoms with van der Waals surface area (Å²) >= 11 is 11.8. The fraction of sp³-hybridized carbons (Fsp3) is 0.455. The summed E-state index contributed by atoms with van der Waals surface area (Å²) in [6.07, 6.45) is 0.425. The van der Waals surface area contributed by atoms with E-state index in [9.17, 15) is 9.59 Å². The molecule has 0 spiro atoms. The van der Waals surface area contributed by atoms with Gasteiger partial charge in [-0.3, -0.25) is 4.79 Å². The lowest BCUT2D eigenvalue weighted by atomic mass is 9.89. The van der Waals surface area contributed by atoms with Crippen LogP contribution in [-0.2, 0) is 4.79 Å². The highest BCUT2D eigenvalue weighted by atomic mass is 35.5. The lowest BCUT2D eigenvalue weighted by molar-refractivity contribution is -0.135. The minimum atomic E-state index is -1.05. The molecule has 0 saturated carbocycles. The summed E-state index contributed by atoms with van der Waals surface area (Å²) in [5.41, 5.74) is 1.07. The summed E-state index contributed by atoms with van der Waals surface area (Å²) in [5.74, 6) is 0.935. The van der Waals surface area contributed by atoms with Gasteiger partial charge in [-0.25, -0.2) is 4.79 Å². The van der Waals surface area contributed by atoms with Crippen LogP contribution in [0.1, 0.15) is 24.3 Å². The average Bonchev–Trinajstić information content (AvgIpc) is 3.22. The average molecular weight is 478 g/mol. The number of anilines is 1. The number of likely N-dealkylation sites (tertiary alicyclic amines) is 1. The van der Waals surface area contributed by atoms with E-state index in [4.69, 9.17) is 28.3 Å². The highest BCUT2D eigenvalue weighted by molar-refractivity contribution is 6.30. The topological polar surface area (TPSA) is 98.7 Å². The zero-order chi connectivity index (χ0) is 22.7. The first-order valence-corrected chi connectivity index (χ1v) is 11.4. The quantitative estimate of drug-likeness (QED) is 0.683. The minimum absolute atomic E-state index is 0.0145. The molecular weight excluding hydrogens is 453 g/mol. The van der Waals surface area contributed by atoms with Crippen molar-refractivity contribution >= 4 is 41.0 Å². The molecule has 0 bridgehead atoms. The second kappa shape index (κ2) is 9.92. The largest absolute Gasteiger partial charge is 0.465 e. The van der Waals surface area contributed by atoms with E-state index in [1.165, 1.54) is 0 Å². The molecule has 0 radical (unpaired) electrons. The summed E-state index contributed by atoms with van der Waals surface area (Å²) in [6.45, 7) is 2.88. The Morgan fingerprint density at radius 2 is 1.75 bits per heavy atom. The Morgan fingerprint density at radius 3 is 2.38 bits per heavy atom. The zero-order valence-corrected chi connectivity index (χ0v) is 19.0. The number of hydrogen-bond acceptors (Lipinski definition) is 5. The summed E-state index contributed by atoms with van der Waals surface area (Å²) in [6, 6.07) is 11.1. The Hall–Kier alpha value is -2.58. The number of amides is 2. The predicted octanol–water partition coefficient (Wildman–Crippen LogP) is 3.51. The van der Waals surface area contributed by atoms with Crippen molar-refractivity contribution in [2.24, 2.45) is 11.8 Å². The molecule has 4 rings (SSSR count). The lowest BCUT2D eigenvalue weighted by Crippen LogP contribution is -2.42. The molecule has 2 saturated heterocycles. The van der Waals surface area contributed by atoms with E-state index in [1.807, 2.05) is 35.2 Å². The summed E-state index contributed by atoms with van der Waals surface area (Å²) < 4.78 is 0. The molecule has 2 N–H and O–H groups in total. The first kappa shape index (κ1) is 22.6. The number of carbonyl (C=O) groups excluding carboxylic acids is 1. The fourth-order valence-corrected chi connectivity index (χ4v) is 4.88. The molecule has 0 unspecified atom stereocenters. The Balaban J connectivity index is 1.40. The van der Waals surface area contributed by atoms with Crippen molar-refractivity contribution in [3.8, 4) is 0 Å². The molecule has 2 aliphatic rings. The van der Waals surface area contributed by atoms with E-state index in [0.29, 0.717) is 29.8 Å². The first-order chi connectivity index (χ1) is 15.4. The van der Waals surface area contributed by atoms with Gasteiger partial charge in [0.15, 0.2) is 11.0 Å². The molecule has 32 heavy (non-hydrogen) atoms. The Morgan fingerprint density at radius 1 is 1.03 bits per heavy atom. The van der Waals surface area contributed by atoms with Crippen LogP contribution < -0.4 is 10.2 Å². The number of hydrogen-bond donors (Lipinski definition) is 2. The molecule has 2 atom stereocenters. The van der Waals surface area contributed by atoms with E-state index in [0.717, 1.165) is 37.3 Å². The third-order valence-electron chi connectivity index (χ3n) is 6.35. The molecule has 8 nitrogen and oxygen atoms in total. The lowest BCUT2D eigenvalue weighted by Gasteiger charge is -2.33. The van der Waals surface area contributed by atoms with E-state index in [1.54, 1.807) is 6.07 Å². The second-order valence-corrected chi connectivity index (χ2v) is 9.15. The maximum atomic E-state index is 13.3. The minimum Gasteiger partial charge on any atom is -0.465 e.